The maximum Gasteiger partial charge on any atom is 0.371 e. The van der Waals surface area contributed by atoms with Crippen molar-refractivity contribution in [2.45, 2.75) is 0 Å². The molecular weight excluding hydrogens is 323 g/mol. The first-order chi connectivity index (χ1) is 7.66. The number of rotatable bonds is 3. The van der Waals surface area contributed by atoms with Gasteiger partial charge in [0.1, 0.15) is 5.75 Å². The van der Waals surface area contributed by atoms with Crippen LogP contribution in [0.1, 0.15) is 10.6 Å². The van der Waals surface area contributed by atoms with E-state index in [9.17, 15) is 4.79 Å². The van der Waals surface area contributed by atoms with E-state index >= 15 is 0 Å². The molecule has 82 valence electrons. The topological polar surface area (TPSA) is 59.7 Å². The summed E-state index contributed by atoms with van der Waals surface area (Å²) >= 11 is 2.12. The van der Waals surface area contributed by atoms with Gasteiger partial charge in [-0.25, -0.2) is 4.79 Å². The zero-order chi connectivity index (χ0) is 11.5. The average Bonchev–Trinajstić information content (AvgIpc) is 2.70. The molecule has 0 bridgehead atoms. The molecule has 0 fully saturated rings. The third-order valence-electron chi connectivity index (χ3n) is 1.84. The highest BCUT2D eigenvalue weighted by Crippen LogP contribution is 2.27. The molecule has 5 heteroatoms. The number of ether oxygens (including phenoxy) is 1. The van der Waals surface area contributed by atoms with Gasteiger partial charge in [0.05, 0.1) is 3.57 Å². The number of para-hydroxylation sites is 1. The molecule has 2 rings (SSSR count). The van der Waals surface area contributed by atoms with Crippen molar-refractivity contribution in [2.24, 2.45) is 0 Å². The second kappa shape index (κ2) is 4.56. The van der Waals surface area contributed by atoms with Crippen molar-refractivity contribution < 1.29 is 19.1 Å². The molecule has 0 unspecified atom stereocenters. The minimum atomic E-state index is -1.11. The standard InChI is InChI=1S/C11H7IO4/c12-7-3-1-2-4-8(7)15-10-6-5-9(16-10)11(13)14/h1-6H,(H,13,14). The van der Waals surface area contributed by atoms with Crippen LogP contribution >= 0.6 is 22.6 Å². The first-order valence-electron chi connectivity index (χ1n) is 4.42. The lowest BCUT2D eigenvalue weighted by Gasteiger charge is -2.03. The molecule has 0 aliphatic rings. The summed E-state index contributed by atoms with van der Waals surface area (Å²) in [6.07, 6.45) is 0. The molecule has 0 spiro atoms. The number of carboxylic acids is 1. The molecule has 16 heavy (non-hydrogen) atoms. The molecule has 2 aromatic rings. The Morgan fingerprint density at radius 2 is 2.00 bits per heavy atom. The van der Waals surface area contributed by atoms with E-state index in [1.54, 1.807) is 6.07 Å². The number of benzene rings is 1. The van der Waals surface area contributed by atoms with Crippen molar-refractivity contribution in [3.63, 3.8) is 0 Å². The van der Waals surface area contributed by atoms with Gasteiger partial charge in [-0.15, -0.1) is 0 Å². The molecule has 0 radical (unpaired) electrons. The molecule has 1 aromatic heterocycles. The van der Waals surface area contributed by atoms with Crippen molar-refractivity contribution in [3.05, 3.63) is 45.7 Å². The van der Waals surface area contributed by atoms with E-state index < -0.39 is 5.97 Å². The SMILES string of the molecule is O=C(O)c1ccc(Oc2ccccc2I)o1. The molecule has 0 aliphatic heterocycles. The van der Waals surface area contributed by atoms with Crippen LogP contribution in [0.4, 0.5) is 0 Å². The summed E-state index contributed by atoms with van der Waals surface area (Å²) in [7, 11) is 0. The number of aromatic carboxylic acids is 1. The molecule has 1 aromatic carbocycles. The Labute approximate surface area is 105 Å². The smallest absolute Gasteiger partial charge is 0.371 e. The van der Waals surface area contributed by atoms with Crippen LogP contribution in [0.3, 0.4) is 0 Å². The van der Waals surface area contributed by atoms with Crippen molar-refractivity contribution in [1.29, 1.82) is 0 Å². The van der Waals surface area contributed by atoms with Crippen LogP contribution in [-0.2, 0) is 0 Å². The van der Waals surface area contributed by atoms with Crippen LogP contribution in [0.2, 0.25) is 0 Å². The van der Waals surface area contributed by atoms with Crippen LogP contribution in [0.15, 0.2) is 40.8 Å². The third-order valence-corrected chi connectivity index (χ3v) is 2.73. The Bertz CT molecular complexity index is 518. The maximum absolute atomic E-state index is 10.6. The first kappa shape index (κ1) is 11.0. The quantitative estimate of drug-likeness (QED) is 0.877. The normalized spacial score (nSPS) is 10.1. The molecule has 1 heterocycles. The van der Waals surface area contributed by atoms with Crippen molar-refractivity contribution in [2.75, 3.05) is 0 Å². The van der Waals surface area contributed by atoms with Gasteiger partial charge in [-0.2, -0.15) is 0 Å². The Morgan fingerprint density at radius 3 is 2.62 bits per heavy atom. The van der Waals surface area contributed by atoms with Crippen molar-refractivity contribution in [3.8, 4) is 11.7 Å². The fourth-order valence-electron chi connectivity index (χ4n) is 1.13. The second-order valence-electron chi connectivity index (χ2n) is 2.96. The van der Waals surface area contributed by atoms with Crippen LogP contribution in [0.5, 0.6) is 11.7 Å². The predicted molar refractivity (Wildman–Crippen MR) is 64.9 cm³/mol. The van der Waals surface area contributed by atoms with E-state index in [4.69, 9.17) is 14.3 Å². The summed E-state index contributed by atoms with van der Waals surface area (Å²) in [5, 5.41) is 8.67. The zero-order valence-electron chi connectivity index (χ0n) is 8.01. The number of hydrogen-bond acceptors (Lipinski definition) is 3. The number of carbonyl (C=O) groups is 1. The molecule has 0 aliphatic carbocycles. The highest BCUT2D eigenvalue weighted by molar-refractivity contribution is 14.1. The summed E-state index contributed by atoms with van der Waals surface area (Å²) in [5.41, 5.74) is 0. The van der Waals surface area contributed by atoms with Crippen LogP contribution in [-0.4, -0.2) is 11.1 Å². The van der Waals surface area contributed by atoms with E-state index in [1.165, 1.54) is 12.1 Å². The molecule has 0 atom stereocenters. The summed E-state index contributed by atoms with van der Waals surface area (Å²) in [6, 6.07) is 10.2. The van der Waals surface area contributed by atoms with Crippen LogP contribution in [0, 0.1) is 3.57 Å². The van der Waals surface area contributed by atoms with Crippen molar-refractivity contribution >= 4 is 28.6 Å². The highest BCUT2D eigenvalue weighted by atomic mass is 127. The minimum absolute atomic E-state index is 0.138. The van der Waals surface area contributed by atoms with Gasteiger partial charge in [-0.05, 0) is 40.8 Å². The lowest BCUT2D eigenvalue weighted by molar-refractivity contribution is 0.0657. The van der Waals surface area contributed by atoms with Gasteiger partial charge in [0, 0.05) is 6.07 Å². The number of hydrogen-bond donors (Lipinski definition) is 1. The number of furan rings is 1. The fourth-order valence-corrected chi connectivity index (χ4v) is 1.62. The van der Waals surface area contributed by atoms with Gasteiger partial charge in [-0.1, -0.05) is 12.1 Å². The number of carboxylic acid groups (broad SMARTS) is 1. The van der Waals surface area contributed by atoms with Gasteiger partial charge in [0.2, 0.25) is 5.76 Å². The average molecular weight is 330 g/mol. The highest BCUT2D eigenvalue weighted by Gasteiger charge is 2.10. The van der Waals surface area contributed by atoms with E-state index in [0.717, 1.165) is 3.57 Å². The Hall–Kier alpha value is -1.50. The third kappa shape index (κ3) is 2.35. The van der Waals surface area contributed by atoms with E-state index in [0.29, 0.717) is 5.75 Å². The first-order valence-corrected chi connectivity index (χ1v) is 5.50. The largest absolute Gasteiger partial charge is 0.475 e. The Morgan fingerprint density at radius 1 is 1.25 bits per heavy atom. The molecule has 1 N–H and O–H groups in total. The summed E-state index contributed by atoms with van der Waals surface area (Å²) in [6.45, 7) is 0. The number of halogens is 1. The predicted octanol–water partition coefficient (Wildman–Crippen LogP) is 3.37. The van der Waals surface area contributed by atoms with Gasteiger partial charge in [-0.3, -0.25) is 0 Å². The van der Waals surface area contributed by atoms with Gasteiger partial charge >= 0.3 is 5.97 Å². The van der Waals surface area contributed by atoms with E-state index in [-0.39, 0.29) is 11.7 Å². The Balaban J connectivity index is 2.21. The fraction of sp³-hybridized carbons (Fsp3) is 0. The zero-order valence-corrected chi connectivity index (χ0v) is 10.2. The molecule has 4 nitrogen and oxygen atoms in total. The van der Waals surface area contributed by atoms with Gasteiger partial charge in [0.25, 0.3) is 5.95 Å². The molecule has 0 saturated carbocycles. The summed E-state index contributed by atoms with van der Waals surface area (Å²) < 4.78 is 11.3. The minimum Gasteiger partial charge on any atom is -0.475 e. The summed E-state index contributed by atoms with van der Waals surface area (Å²) in [5.74, 6) is -0.450. The lowest BCUT2D eigenvalue weighted by Crippen LogP contribution is -1.91. The Kier molecular flexibility index (Phi) is 3.14. The van der Waals surface area contributed by atoms with Crippen molar-refractivity contribution in [1.82, 2.24) is 0 Å². The summed E-state index contributed by atoms with van der Waals surface area (Å²) in [4.78, 5) is 10.6. The second-order valence-corrected chi connectivity index (χ2v) is 4.12. The van der Waals surface area contributed by atoms with Gasteiger partial charge in [0.15, 0.2) is 0 Å². The molecule has 0 saturated heterocycles. The van der Waals surface area contributed by atoms with E-state index in [2.05, 4.69) is 22.6 Å². The maximum atomic E-state index is 10.6. The monoisotopic (exact) mass is 330 g/mol. The van der Waals surface area contributed by atoms with Crippen LogP contribution < -0.4 is 4.74 Å². The van der Waals surface area contributed by atoms with Gasteiger partial charge < -0.3 is 14.3 Å². The molecule has 0 amide bonds. The van der Waals surface area contributed by atoms with Crippen LogP contribution in [0.25, 0.3) is 0 Å². The molecular formula is C11H7IO4. The van der Waals surface area contributed by atoms with E-state index in [1.807, 2.05) is 18.2 Å². The lowest BCUT2D eigenvalue weighted by atomic mass is 10.3.